The van der Waals surface area contributed by atoms with Gasteiger partial charge in [0.15, 0.2) is 5.82 Å². The molecule has 8 nitrogen and oxygen atoms in total. The second-order valence-corrected chi connectivity index (χ2v) is 5.66. The van der Waals surface area contributed by atoms with Crippen LogP contribution in [-0.2, 0) is 10.0 Å². The summed E-state index contributed by atoms with van der Waals surface area (Å²) < 4.78 is 30.9. The van der Waals surface area contributed by atoms with E-state index in [0.29, 0.717) is 0 Å². The van der Waals surface area contributed by atoms with E-state index in [0.717, 1.165) is 6.07 Å². The Morgan fingerprint density at radius 2 is 1.85 bits per heavy atom. The minimum atomic E-state index is -3.91. The first-order valence-electron chi connectivity index (χ1n) is 5.40. The van der Waals surface area contributed by atoms with Crippen LogP contribution in [0.15, 0.2) is 39.9 Å². The predicted octanol–water partition coefficient (Wildman–Crippen LogP) is 0.359. The predicted molar refractivity (Wildman–Crippen MR) is 65.6 cm³/mol. The first-order valence-corrected chi connectivity index (χ1v) is 6.88. The highest BCUT2D eigenvalue weighted by Gasteiger charge is 2.28. The minimum absolute atomic E-state index is 0.0195. The van der Waals surface area contributed by atoms with Crippen LogP contribution in [0, 0.1) is 0 Å². The van der Waals surface area contributed by atoms with Gasteiger partial charge in [-0.3, -0.25) is 19.6 Å². The number of benzene rings is 1. The Bertz CT molecular complexity index is 811. The molecule has 0 spiro atoms. The number of anilines is 1. The number of carbonyl (C=O) groups is 2. The molecule has 1 aromatic carbocycles. The molecule has 0 atom stereocenters. The summed E-state index contributed by atoms with van der Waals surface area (Å²) in [6, 6.07) is 4.99. The van der Waals surface area contributed by atoms with Crippen LogP contribution in [0.5, 0.6) is 0 Å². The van der Waals surface area contributed by atoms with Crippen molar-refractivity contribution in [3.63, 3.8) is 0 Å². The van der Waals surface area contributed by atoms with Gasteiger partial charge in [-0.1, -0.05) is 5.16 Å². The normalized spacial score (nSPS) is 14.0. The van der Waals surface area contributed by atoms with Gasteiger partial charge in [-0.25, -0.2) is 8.42 Å². The summed E-state index contributed by atoms with van der Waals surface area (Å²) in [5.74, 6) is -1.15. The average Bonchev–Trinajstić information content (AvgIpc) is 2.98. The molecule has 1 aliphatic heterocycles. The van der Waals surface area contributed by atoms with Crippen LogP contribution in [0.25, 0.3) is 0 Å². The van der Waals surface area contributed by atoms with Gasteiger partial charge in [-0.05, 0) is 18.2 Å². The van der Waals surface area contributed by atoms with E-state index in [9.17, 15) is 18.0 Å². The lowest BCUT2D eigenvalue weighted by molar-refractivity contribution is 0.0879. The maximum atomic E-state index is 12.1. The smallest absolute Gasteiger partial charge is 0.263 e. The Morgan fingerprint density at radius 3 is 2.55 bits per heavy atom. The van der Waals surface area contributed by atoms with Crippen molar-refractivity contribution < 1.29 is 22.5 Å². The molecule has 1 aliphatic rings. The van der Waals surface area contributed by atoms with Gasteiger partial charge in [0, 0.05) is 6.07 Å². The van der Waals surface area contributed by atoms with Gasteiger partial charge in [0.05, 0.1) is 16.0 Å². The number of hydrogen-bond acceptors (Lipinski definition) is 6. The van der Waals surface area contributed by atoms with Gasteiger partial charge in [0.1, 0.15) is 6.26 Å². The fourth-order valence-corrected chi connectivity index (χ4v) is 2.79. The summed E-state index contributed by atoms with van der Waals surface area (Å²) in [6.45, 7) is 0. The van der Waals surface area contributed by atoms with Crippen molar-refractivity contribution in [2.45, 2.75) is 4.90 Å². The maximum Gasteiger partial charge on any atom is 0.263 e. The summed E-state index contributed by atoms with van der Waals surface area (Å²) in [5.41, 5.74) is 0.174. The molecule has 0 bridgehead atoms. The summed E-state index contributed by atoms with van der Waals surface area (Å²) in [6.07, 6.45) is 1.21. The summed E-state index contributed by atoms with van der Waals surface area (Å²) >= 11 is 0. The lowest BCUT2D eigenvalue weighted by atomic mass is 10.1. The Balaban J connectivity index is 2.01. The first kappa shape index (κ1) is 12.4. The molecule has 0 saturated heterocycles. The standard InChI is InChI=1S/C11H7N3O5S/c15-10-7-2-1-6(5-8(7)11(16)12-10)20(17,18)14-9-3-4-19-13-9/h1-5H,(H,13,14)(H,12,15,16). The number of rotatable bonds is 3. The lowest BCUT2D eigenvalue weighted by Gasteiger charge is -2.05. The van der Waals surface area contributed by atoms with Crippen LogP contribution in [0.4, 0.5) is 5.82 Å². The third-order valence-electron chi connectivity index (χ3n) is 2.69. The molecule has 2 aromatic rings. The highest BCUT2D eigenvalue weighted by atomic mass is 32.2. The van der Waals surface area contributed by atoms with Crippen LogP contribution in [0.1, 0.15) is 20.7 Å². The van der Waals surface area contributed by atoms with Crippen LogP contribution >= 0.6 is 0 Å². The number of imide groups is 1. The molecule has 20 heavy (non-hydrogen) atoms. The number of nitrogens with one attached hydrogen (secondary N) is 2. The molecule has 2 N–H and O–H groups in total. The van der Waals surface area contributed by atoms with E-state index in [4.69, 9.17) is 0 Å². The van der Waals surface area contributed by atoms with E-state index in [2.05, 4.69) is 19.7 Å². The summed E-state index contributed by atoms with van der Waals surface area (Å²) in [4.78, 5) is 22.7. The Kier molecular flexibility index (Phi) is 2.57. The molecule has 102 valence electrons. The van der Waals surface area contributed by atoms with Crippen molar-refractivity contribution >= 4 is 27.7 Å². The van der Waals surface area contributed by atoms with Crippen molar-refractivity contribution in [2.75, 3.05) is 4.72 Å². The Hall–Kier alpha value is -2.68. The molecule has 0 fully saturated rings. The number of hydrogen-bond donors (Lipinski definition) is 2. The van der Waals surface area contributed by atoms with Gasteiger partial charge >= 0.3 is 0 Å². The largest absolute Gasteiger partial charge is 0.363 e. The monoisotopic (exact) mass is 293 g/mol. The molecule has 0 saturated carbocycles. The van der Waals surface area contributed by atoms with E-state index in [1.54, 1.807) is 0 Å². The van der Waals surface area contributed by atoms with Gasteiger partial charge in [-0.15, -0.1) is 0 Å². The fraction of sp³-hybridized carbons (Fsp3) is 0. The topological polar surface area (TPSA) is 118 Å². The minimum Gasteiger partial charge on any atom is -0.363 e. The van der Waals surface area contributed by atoms with Crippen LogP contribution < -0.4 is 10.0 Å². The van der Waals surface area contributed by atoms with Gasteiger partial charge < -0.3 is 4.52 Å². The lowest BCUT2D eigenvalue weighted by Crippen LogP contribution is -2.19. The van der Waals surface area contributed by atoms with Crippen molar-refractivity contribution in [2.24, 2.45) is 0 Å². The number of fused-ring (bicyclic) bond motifs is 1. The van der Waals surface area contributed by atoms with Crippen LogP contribution in [-0.4, -0.2) is 25.4 Å². The third kappa shape index (κ3) is 1.93. The molecule has 0 aliphatic carbocycles. The zero-order valence-corrected chi connectivity index (χ0v) is 10.6. The second-order valence-electron chi connectivity index (χ2n) is 3.98. The third-order valence-corrected chi connectivity index (χ3v) is 4.05. The molecular weight excluding hydrogens is 286 g/mol. The summed E-state index contributed by atoms with van der Waals surface area (Å²) in [7, 11) is -3.91. The molecular formula is C11H7N3O5S. The molecule has 0 radical (unpaired) electrons. The Morgan fingerprint density at radius 1 is 1.10 bits per heavy atom. The second kappa shape index (κ2) is 4.17. The van der Waals surface area contributed by atoms with Crippen LogP contribution in [0.2, 0.25) is 0 Å². The van der Waals surface area contributed by atoms with Gasteiger partial charge in [-0.2, -0.15) is 0 Å². The van der Waals surface area contributed by atoms with Crippen molar-refractivity contribution in [3.8, 4) is 0 Å². The molecule has 3 rings (SSSR count). The van der Waals surface area contributed by atoms with E-state index >= 15 is 0 Å². The Labute approximate surface area is 112 Å². The molecule has 9 heteroatoms. The number of amides is 2. The molecule has 1 aromatic heterocycles. The first-order chi connectivity index (χ1) is 9.47. The SMILES string of the molecule is O=C1NC(=O)c2cc(S(=O)(=O)Nc3ccon3)ccc21. The summed E-state index contributed by atoms with van der Waals surface area (Å²) in [5, 5.41) is 5.51. The molecule has 2 amide bonds. The van der Waals surface area contributed by atoms with Gasteiger partial charge in [0.25, 0.3) is 21.8 Å². The number of aromatic nitrogens is 1. The molecule has 0 unspecified atom stereocenters. The quantitative estimate of drug-likeness (QED) is 0.789. The average molecular weight is 293 g/mol. The maximum absolute atomic E-state index is 12.1. The van der Waals surface area contributed by atoms with Crippen molar-refractivity contribution in [1.29, 1.82) is 0 Å². The fourth-order valence-electron chi connectivity index (χ4n) is 1.78. The number of sulfonamides is 1. The van der Waals surface area contributed by atoms with Gasteiger partial charge in [0.2, 0.25) is 0 Å². The van der Waals surface area contributed by atoms with Crippen molar-refractivity contribution in [1.82, 2.24) is 10.5 Å². The molecule has 2 heterocycles. The van der Waals surface area contributed by atoms with E-state index in [-0.39, 0.29) is 21.8 Å². The number of nitrogens with zero attached hydrogens (tertiary/aromatic N) is 1. The highest BCUT2D eigenvalue weighted by molar-refractivity contribution is 7.92. The van der Waals surface area contributed by atoms with Crippen LogP contribution in [0.3, 0.4) is 0 Å². The van der Waals surface area contributed by atoms with E-state index in [1.165, 1.54) is 24.5 Å². The van der Waals surface area contributed by atoms with Crippen molar-refractivity contribution in [3.05, 3.63) is 41.7 Å². The zero-order chi connectivity index (χ0) is 14.3. The zero-order valence-electron chi connectivity index (χ0n) is 9.78. The highest BCUT2D eigenvalue weighted by Crippen LogP contribution is 2.21. The van der Waals surface area contributed by atoms with E-state index in [1.807, 2.05) is 0 Å². The van der Waals surface area contributed by atoms with E-state index < -0.39 is 21.8 Å². The number of carbonyl (C=O) groups excluding carboxylic acids is 2.